The van der Waals surface area contributed by atoms with Crippen LogP contribution in [0.15, 0.2) is 29.2 Å². The number of nitrogens with zero attached hydrogens (tertiary/aromatic N) is 4. The number of fused-ring (bicyclic) bond motifs is 1. The lowest BCUT2D eigenvalue weighted by atomic mass is 9.88. The van der Waals surface area contributed by atoms with Crippen molar-refractivity contribution in [2.24, 2.45) is 5.92 Å². The van der Waals surface area contributed by atoms with Gasteiger partial charge in [0.05, 0.1) is 18.3 Å². The topological polar surface area (TPSA) is 99.3 Å². The van der Waals surface area contributed by atoms with Crippen LogP contribution in [0.5, 0.6) is 0 Å². The number of rotatable bonds is 3. The standard InChI is InChI=1S/C25H31N5O3/c31-23-18-12-15-29(24(32)17-8-2-1-3-9-17)16-20(18)27-22(28-23)21-11-5-7-14-30(21)25(33)19-10-4-6-13-26-19/h4,6,10,13,17,21H,1-3,5,7-9,11-12,14-16H2,(H,27,28,31). The molecule has 2 aliphatic heterocycles. The van der Waals surface area contributed by atoms with Crippen LogP contribution in [-0.2, 0) is 17.8 Å². The first-order valence-corrected chi connectivity index (χ1v) is 12.2. The third-order valence-electron chi connectivity index (χ3n) is 7.32. The van der Waals surface area contributed by atoms with Gasteiger partial charge in [0.15, 0.2) is 0 Å². The Balaban J connectivity index is 1.40. The van der Waals surface area contributed by atoms with Gasteiger partial charge in [-0.2, -0.15) is 0 Å². The number of carbonyl (C=O) groups excluding carboxylic acids is 2. The van der Waals surface area contributed by atoms with Crippen LogP contribution in [0.25, 0.3) is 0 Å². The van der Waals surface area contributed by atoms with E-state index in [9.17, 15) is 14.4 Å². The highest BCUT2D eigenvalue weighted by atomic mass is 16.2. The van der Waals surface area contributed by atoms with E-state index in [1.165, 1.54) is 6.42 Å². The molecule has 2 fully saturated rings. The number of H-pyrrole nitrogens is 1. The number of hydrogen-bond acceptors (Lipinski definition) is 5. The summed E-state index contributed by atoms with van der Waals surface area (Å²) in [6.45, 7) is 1.55. The third-order valence-corrected chi connectivity index (χ3v) is 7.32. The van der Waals surface area contributed by atoms with Gasteiger partial charge in [0, 0.05) is 30.8 Å². The summed E-state index contributed by atoms with van der Waals surface area (Å²) in [5.74, 6) is 0.685. The summed E-state index contributed by atoms with van der Waals surface area (Å²) in [6.07, 6.45) is 10.1. The van der Waals surface area contributed by atoms with Crippen molar-refractivity contribution in [2.75, 3.05) is 13.1 Å². The van der Waals surface area contributed by atoms with Crippen molar-refractivity contribution in [1.29, 1.82) is 0 Å². The maximum Gasteiger partial charge on any atom is 0.273 e. The molecule has 1 N–H and O–H groups in total. The second kappa shape index (κ2) is 9.45. The lowest BCUT2D eigenvalue weighted by Crippen LogP contribution is -2.44. The predicted molar refractivity (Wildman–Crippen MR) is 122 cm³/mol. The molecule has 4 heterocycles. The second-order valence-corrected chi connectivity index (χ2v) is 9.45. The quantitative estimate of drug-likeness (QED) is 0.777. The van der Waals surface area contributed by atoms with Gasteiger partial charge in [-0.1, -0.05) is 25.3 Å². The highest BCUT2D eigenvalue weighted by Gasteiger charge is 2.34. The van der Waals surface area contributed by atoms with Crippen molar-refractivity contribution in [3.05, 3.63) is 57.5 Å². The number of carbonyl (C=O) groups is 2. The summed E-state index contributed by atoms with van der Waals surface area (Å²) in [4.78, 5) is 54.9. The number of likely N-dealkylation sites (tertiary alicyclic amines) is 1. The summed E-state index contributed by atoms with van der Waals surface area (Å²) in [5, 5.41) is 0. The molecule has 8 nitrogen and oxygen atoms in total. The number of aromatic nitrogens is 3. The fraction of sp³-hybridized carbons (Fsp3) is 0.560. The zero-order chi connectivity index (χ0) is 22.8. The molecule has 2 aromatic rings. The van der Waals surface area contributed by atoms with Gasteiger partial charge >= 0.3 is 0 Å². The largest absolute Gasteiger partial charge is 0.336 e. The Morgan fingerprint density at radius 3 is 2.61 bits per heavy atom. The Morgan fingerprint density at radius 1 is 1.00 bits per heavy atom. The van der Waals surface area contributed by atoms with Crippen molar-refractivity contribution < 1.29 is 9.59 Å². The van der Waals surface area contributed by atoms with Crippen LogP contribution in [-0.4, -0.2) is 49.7 Å². The van der Waals surface area contributed by atoms with Crippen LogP contribution in [0.3, 0.4) is 0 Å². The van der Waals surface area contributed by atoms with E-state index in [2.05, 4.69) is 9.97 Å². The molecule has 174 valence electrons. The van der Waals surface area contributed by atoms with E-state index in [-0.39, 0.29) is 29.3 Å². The number of amides is 2. The highest BCUT2D eigenvalue weighted by Crippen LogP contribution is 2.31. The van der Waals surface area contributed by atoms with Crippen LogP contribution in [0.2, 0.25) is 0 Å². The second-order valence-electron chi connectivity index (χ2n) is 9.45. The fourth-order valence-electron chi connectivity index (χ4n) is 5.51. The Labute approximate surface area is 193 Å². The molecular formula is C25H31N5O3. The van der Waals surface area contributed by atoms with E-state index in [1.54, 1.807) is 29.3 Å². The molecule has 1 saturated carbocycles. The normalized spacial score (nSPS) is 21.5. The van der Waals surface area contributed by atoms with Gasteiger partial charge in [-0.3, -0.25) is 19.4 Å². The lowest BCUT2D eigenvalue weighted by molar-refractivity contribution is -0.137. The van der Waals surface area contributed by atoms with E-state index < -0.39 is 0 Å². The molecule has 8 heteroatoms. The molecule has 3 aliphatic rings. The van der Waals surface area contributed by atoms with Crippen LogP contribution in [0.1, 0.15) is 85.0 Å². The smallest absolute Gasteiger partial charge is 0.273 e. The van der Waals surface area contributed by atoms with Gasteiger partial charge in [0.2, 0.25) is 5.91 Å². The van der Waals surface area contributed by atoms with Crippen molar-refractivity contribution in [1.82, 2.24) is 24.8 Å². The van der Waals surface area contributed by atoms with Gasteiger partial charge in [0.25, 0.3) is 11.5 Å². The Hall–Kier alpha value is -3.03. The number of piperidine rings is 1. The first-order valence-electron chi connectivity index (χ1n) is 12.2. The first kappa shape index (κ1) is 21.8. The molecule has 5 rings (SSSR count). The summed E-state index contributed by atoms with van der Waals surface area (Å²) in [7, 11) is 0. The first-order chi connectivity index (χ1) is 16.1. The summed E-state index contributed by atoms with van der Waals surface area (Å²) < 4.78 is 0. The molecule has 1 aliphatic carbocycles. The van der Waals surface area contributed by atoms with E-state index in [4.69, 9.17) is 4.98 Å². The number of pyridine rings is 1. The Bertz CT molecular complexity index is 1080. The average molecular weight is 450 g/mol. The van der Waals surface area contributed by atoms with Gasteiger partial charge in [0.1, 0.15) is 11.5 Å². The Kier molecular flexibility index (Phi) is 6.24. The molecule has 0 radical (unpaired) electrons. The SMILES string of the molecule is O=C(C1CCCCC1)N1CCc2c(nc(C3CCCCN3C(=O)c3ccccn3)[nH]c2=O)C1. The zero-order valence-electron chi connectivity index (χ0n) is 19.0. The van der Waals surface area contributed by atoms with Crippen LogP contribution in [0.4, 0.5) is 0 Å². The Morgan fingerprint density at radius 2 is 1.82 bits per heavy atom. The molecule has 0 spiro atoms. The average Bonchev–Trinajstić information content (AvgIpc) is 2.88. The number of nitrogens with one attached hydrogen (secondary N) is 1. The van der Waals surface area contributed by atoms with Gasteiger partial charge in [-0.15, -0.1) is 0 Å². The van der Waals surface area contributed by atoms with Crippen molar-refractivity contribution in [2.45, 2.75) is 70.4 Å². The molecule has 0 aromatic carbocycles. The molecule has 0 bridgehead atoms. The lowest BCUT2D eigenvalue weighted by Gasteiger charge is -2.36. The summed E-state index contributed by atoms with van der Waals surface area (Å²) >= 11 is 0. The molecular weight excluding hydrogens is 418 g/mol. The van der Waals surface area contributed by atoms with E-state index in [0.29, 0.717) is 48.8 Å². The van der Waals surface area contributed by atoms with E-state index >= 15 is 0 Å². The maximum absolute atomic E-state index is 13.2. The number of hydrogen-bond donors (Lipinski definition) is 1. The van der Waals surface area contributed by atoms with Crippen molar-refractivity contribution in [3.63, 3.8) is 0 Å². The zero-order valence-corrected chi connectivity index (χ0v) is 19.0. The third kappa shape index (κ3) is 4.43. The highest BCUT2D eigenvalue weighted by molar-refractivity contribution is 5.92. The molecule has 1 saturated heterocycles. The van der Waals surface area contributed by atoms with E-state index in [0.717, 1.165) is 44.9 Å². The molecule has 2 amide bonds. The van der Waals surface area contributed by atoms with Crippen LogP contribution in [0, 0.1) is 5.92 Å². The fourth-order valence-corrected chi connectivity index (χ4v) is 5.51. The predicted octanol–water partition coefficient (Wildman–Crippen LogP) is 3.00. The van der Waals surface area contributed by atoms with Crippen LogP contribution < -0.4 is 5.56 Å². The van der Waals surface area contributed by atoms with E-state index in [1.807, 2.05) is 4.90 Å². The monoisotopic (exact) mass is 449 g/mol. The summed E-state index contributed by atoms with van der Waals surface area (Å²) in [6, 6.07) is 5.01. The maximum atomic E-state index is 13.2. The van der Waals surface area contributed by atoms with Crippen LogP contribution >= 0.6 is 0 Å². The van der Waals surface area contributed by atoms with Crippen molar-refractivity contribution in [3.8, 4) is 0 Å². The molecule has 1 unspecified atom stereocenters. The number of aromatic amines is 1. The van der Waals surface area contributed by atoms with Gasteiger partial charge in [-0.05, 0) is 50.7 Å². The van der Waals surface area contributed by atoms with Gasteiger partial charge in [-0.25, -0.2) is 4.98 Å². The molecule has 1 atom stereocenters. The minimum atomic E-state index is -0.296. The van der Waals surface area contributed by atoms with Crippen molar-refractivity contribution >= 4 is 11.8 Å². The summed E-state index contributed by atoms with van der Waals surface area (Å²) in [5.41, 5.74) is 1.61. The molecule has 33 heavy (non-hydrogen) atoms. The minimum Gasteiger partial charge on any atom is -0.336 e. The van der Waals surface area contributed by atoms with Gasteiger partial charge < -0.3 is 14.8 Å². The minimum absolute atomic E-state index is 0.103. The molecule has 2 aromatic heterocycles.